The van der Waals surface area contributed by atoms with Crippen LogP contribution in [0, 0.1) is 13.8 Å². The molecule has 1 aromatic carbocycles. The third-order valence-electron chi connectivity index (χ3n) is 4.63. The lowest BCUT2D eigenvalue weighted by molar-refractivity contribution is -0.137. The van der Waals surface area contributed by atoms with E-state index in [1.54, 1.807) is 13.2 Å². The Hall–Kier alpha value is -3.29. The van der Waals surface area contributed by atoms with Crippen LogP contribution in [0.15, 0.2) is 30.3 Å². The van der Waals surface area contributed by atoms with Crippen molar-refractivity contribution in [3.63, 3.8) is 0 Å². The zero-order valence-corrected chi connectivity index (χ0v) is 19.2. The van der Waals surface area contributed by atoms with Crippen molar-refractivity contribution in [3.8, 4) is 11.4 Å². The number of amides is 2. The van der Waals surface area contributed by atoms with Crippen LogP contribution in [0.25, 0.3) is 5.69 Å². The zero-order valence-electron chi connectivity index (χ0n) is 19.2. The number of hydrogen-bond acceptors (Lipinski definition) is 5. The smallest absolute Gasteiger partial charge is 0.340 e. The van der Waals surface area contributed by atoms with E-state index in [-0.39, 0.29) is 18.0 Å². The number of likely N-dealkylation sites (N-methyl/N-ethyl adjacent to an activating group) is 1. The summed E-state index contributed by atoms with van der Waals surface area (Å²) in [5.74, 6) is -0.586. The fraction of sp³-hybridized carbons (Fsp3) is 0.435. The Balaban J connectivity index is 2.02. The molecule has 2 aromatic rings. The standard InChI is InChI=1S/C23H31N3O5/c1-15-12-19(16(2)26(15)17-8-10-18(30-7)11-9-17)22(29)31-14-21(28)25(6)13-20(27)24-23(3,4)5/h8-12H,13-14H2,1-7H3,(H,24,27). The molecule has 0 spiro atoms. The molecule has 8 nitrogen and oxygen atoms in total. The van der Waals surface area contributed by atoms with Crippen LogP contribution >= 0.6 is 0 Å². The van der Waals surface area contributed by atoms with Crippen molar-refractivity contribution in [3.05, 3.63) is 47.3 Å². The average Bonchev–Trinajstić information content (AvgIpc) is 2.98. The van der Waals surface area contributed by atoms with Crippen LogP contribution < -0.4 is 10.1 Å². The van der Waals surface area contributed by atoms with Crippen LogP contribution in [-0.4, -0.2) is 60.1 Å². The van der Waals surface area contributed by atoms with Crippen molar-refractivity contribution in [2.45, 2.75) is 40.2 Å². The van der Waals surface area contributed by atoms with Crippen molar-refractivity contribution in [1.29, 1.82) is 0 Å². The molecule has 2 amide bonds. The summed E-state index contributed by atoms with van der Waals surface area (Å²) in [6.07, 6.45) is 0. The Labute approximate surface area is 183 Å². The first kappa shape index (κ1) is 24.0. The lowest BCUT2D eigenvalue weighted by Crippen LogP contribution is -2.46. The summed E-state index contributed by atoms with van der Waals surface area (Å²) in [7, 11) is 3.10. The van der Waals surface area contributed by atoms with Crippen molar-refractivity contribution in [2.75, 3.05) is 27.3 Å². The van der Waals surface area contributed by atoms with Crippen molar-refractivity contribution < 1.29 is 23.9 Å². The van der Waals surface area contributed by atoms with Crippen LogP contribution in [0.3, 0.4) is 0 Å². The van der Waals surface area contributed by atoms with Gasteiger partial charge in [-0.25, -0.2) is 4.79 Å². The normalized spacial score (nSPS) is 11.1. The maximum Gasteiger partial charge on any atom is 0.340 e. The third-order valence-corrected chi connectivity index (χ3v) is 4.63. The van der Waals surface area contributed by atoms with E-state index in [0.29, 0.717) is 11.3 Å². The highest BCUT2D eigenvalue weighted by Gasteiger charge is 2.21. The van der Waals surface area contributed by atoms with Gasteiger partial charge < -0.3 is 24.3 Å². The molecule has 1 heterocycles. The van der Waals surface area contributed by atoms with Gasteiger partial charge in [0.15, 0.2) is 6.61 Å². The van der Waals surface area contributed by atoms with Gasteiger partial charge in [0.1, 0.15) is 5.75 Å². The van der Waals surface area contributed by atoms with E-state index < -0.39 is 18.5 Å². The lowest BCUT2D eigenvalue weighted by atomic mass is 10.1. The molecule has 0 bridgehead atoms. The monoisotopic (exact) mass is 429 g/mol. The number of aryl methyl sites for hydroxylation is 1. The molecule has 0 saturated carbocycles. The number of carbonyl (C=O) groups is 3. The molecule has 0 saturated heterocycles. The third kappa shape index (κ3) is 6.34. The summed E-state index contributed by atoms with van der Waals surface area (Å²) >= 11 is 0. The molecule has 31 heavy (non-hydrogen) atoms. The molecule has 1 N–H and O–H groups in total. The predicted molar refractivity (Wildman–Crippen MR) is 118 cm³/mol. The summed E-state index contributed by atoms with van der Waals surface area (Å²) in [6, 6.07) is 9.21. The van der Waals surface area contributed by atoms with Gasteiger partial charge >= 0.3 is 5.97 Å². The lowest BCUT2D eigenvalue weighted by Gasteiger charge is -2.23. The minimum absolute atomic E-state index is 0.111. The van der Waals surface area contributed by atoms with Gasteiger partial charge in [0.2, 0.25) is 5.91 Å². The van der Waals surface area contributed by atoms with Crippen molar-refractivity contribution >= 4 is 17.8 Å². The largest absolute Gasteiger partial charge is 0.497 e. The van der Waals surface area contributed by atoms with Crippen molar-refractivity contribution in [2.24, 2.45) is 0 Å². The number of ether oxygens (including phenoxy) is 2. The van der Waals surface area contributed by atoms with Crippen LogP contribution in [0.1, 0.15) is 42.5 Å². The maximum atomic E-state index is 12.6. The molecule has 2 rings (SSSR count). The van der Waals surface area contributed by atoms with Gasteiger partial charge in [0, 0.05) is 29.7 Å². The second kappa shape index (κ2) is 9.68. The van der Waals surface area contributed by atoms with Gasteiger partial charge in [0.05, 0.1) is 19.2 Å². The van der Waals surface area contributed by atoms with Gasteiger partial charge in [-0.3, -0.25) is 9.59 Å². The molecule has 0 atom stereocenters. The van der Waals surface area contributed by atoms with E-state index in [0.717, 1.165) is 17.1 Å². The van der Waals surface area contributed by atoms with E-state index in [9.17, 15) is 14.4 Å². The SMILES string of the molecule is COc1ccc(-n2c(C)cc(C(=O)OCC(=O)N(C)CC(=O)NC(C)(C)C)c2C)cc1. The van der Waals surface area contributed by atoms with Gasteiger partial charge in [-0.05, 0) is 65.0 Å². The van der Waals surface area contributed by atoms with Crippen LogP contribution in [0.2, 0.25) is 0 Å². The Kier molecular flexibility index (Phi) is 7.49. The van der Waals surface area contributed by atoms with E-state index in [1.165, 1.54) is 11.9 Å². The molecule has 0 radical (unpaired) electrons. The first-order valence-corrected chi connectivity index (χ1v) is 9.98. The second-order valence-electron chi connectivity index (χ2n) is 8.44. The van der Waals surface area contributed by atoms with Crippen molar-refractivity contribution in [1.82, 2.24) is 14.8 Å². The Morgan fingerprint density at radius 2 is 1.71 bits per heavy atom. The first-order chi connectivity index (χ1) is 14.4. The van der Waals surface area contributed by atoms with Crippen LogP contribution in [0.4, 0.5) is 0 Å². The molecule has 168 valence electrons. The number of aromatic nitrogens is 1. The number of esters is 1. The van der Waals surface area contributed by atoms with Gasteiger partial charge in [-0.15, -0.1) is 0 Å². The first-order valence-electron chi connectivity index (χ1n) is 9.98. The zero-order chi connectivity index (χ0) is 23.3. The molecule has 0 unspecified atom stereocenters. The summed E-state index contributed by atoms with van der Waals surface area (Å²) in [6.45, 7) is 8.73. The summed E-state index contributed by atoms with van der Waals surface area (Å²) in [5.41, 5.74) is 2.44. The molecule has 0 aliphatic heterocycles. The van der Waals surface area contributed by atoms with E-state index in [4.69, 9.17) is 9.47 Å². The fourth-order valence-corrected chi connectivity index (χ4v) is 3.17. The number of methoxy groups -OCH3 is 1. The highest BCUT2D eigenvalue weighted by atomic mass is 16.5. The molecule has 0 aliphatic rings. The Morgan fingerprint density at radius 1 is 1.10 bits per heavy atom. The molecule has 1 aromatic heterocycles. The Bertz CT molecular complexity index is 955. The number of hydrogen-bond donors (Lipinski definition) is 1. The van der Waals surface area contributed by atoms with E-state index in [1.807, 2.05) is 63.5 Å². The topological polar surface area (TPSA) is 89.9 Å². The highest BCUT2D eigenvalue weighted by molar-refractivity contribution is 5.93. The van der Waals surface area contributed by atoms with Gasteiger partial charge in [-0.1, -0.05) is 0 Å². The van der Waals surface area contributed by atoms with E-state index in [2.05, 4.69) is 5.32 Å². The number of benzene rings is 1. The predicted octanol–water partition coefficient (Wildman–Crippen LogP) is 2.63. The summed E-state index contributed by atoms with van der Waals surface area (Å²) < 4.78 is 12.3. The van der Waals surface area contributed by atoms with Crippen LogP contribution in [-0.2, 0) is 14.3 Å². The van der Waals surface area contributed by atoms with Gasteiger partial charge in [-0.2, -0.15) is 0 Å². The molecule has 0 aliphatic carbocycles. The molecular formula is C23H31N3O5. The number of rotatable bonds is 7. The highest BCUT2D eigenvalue weighted by Crippen LogP contribution is 2.23. The molecule has 0 fully saturated rings. The second-order valence-corrected chi connectivity index (χ2v) is 8.44. The van der Waals surface area contributed by atoms with Crippen LogP contribution in [0.5, 0.6) is 5.75 Å². The molecule has 8 heteroatoms. The average molecular weight is 430 g/mol. The van der Waals surface area contributed by atoms with Gasteiger partial charge in [0.25, 0.3) is 5.91 Å². The van der Waals surface area contributed by atoms with E-state index >= 15 is 0 Å². The number of carbonyl (C=O) groups excluding carboxylic acids is 3. The molecular weight excluding hydrogens is 398 g/mol. The summed E-state index contributed by atoms with van der Waals surface area (Å²) in [4.78, 5) is 38.1. The quantitative estimate of drug-likeness (QED) is 0.684. The number of nitrogens with one attached hydrogen (secondary N) is 1. The Morgan fingerprint density at radius 3 is 2.26 bits per heavy atom. The fourth-order valence-electron chi connectivity index (χ4n) is 3.17. The summed E-state index contributed by atoms with van der Waals surface area (Å²) in [5, 5.41) is 2.78. The number of nitrogens with zero attached hydrogens (tertiary/aromatic N) is 2. The minimum Gasteiger partial charge on any atom is -0.497 e. The maximum absolute atomic E-state index is 12.6. The minimum atomic E-state index is -0.589.